The van der Waals surface area contributed by atoms with E-state index >= 15 is 0 Å². The monoisotopic (exact) mass is 358 g/mol. The van der Waals surface area contributed by atoms with E-state index in [1.165, 1.54) is 19.2 Å². The van der Waals surface area contributed by atoms with Crippen molar-refractivity contribution in [3.63, 3.8) is 0 Å². The van der Waals surface area contributed by atoms with Crippen LogP contribution in [0, 0.1) is 11.7 Å². The summed E-state index contributed by atoms with van der Waals surface area (Å²) in [4.78, 5) is 23.4. The molecule has 3 rings (SSSR count). The van der Waals surface area contributed by atoms with Gasteiger partial charge >= 0.3 is 0 Å². The second-order valence-corrected chi connectivity index (χ2v) is 5.93. The highest BCUT2D eigenvalue weighted by molar-refractivity contribution is 5.94. The van der Waals surface area contributed by atoms with Crippen LogP contribution in [0.1, 0.15) is 12.8 Å². The average molecular weight is 358 g/mol. The summed E-state index contributed by atoms with van der Waals surface area (Å²) < 4.78 is 25.1. The van der Waals surface area contributed by atoms with Crippen molar-refractivity contribution in [3.05, 3.63) is 48.3 Å². The molecule has 2 N–H and O–H groups in total. The molecule has 1 heterocycles. The summed E-state index contributed by atoms with van der Waals surface area (Å²) in [7, 11) is 1.50. The smallest absolute Gasteiger partial charge is 0.229 e. The molecule has 0 aromatic heterocycles. The minimum absolute atomic E-state index is 0.0254. The normalized spacial score (nSPS) is 16.5. The van der Waals surface area contributed by atoms with E-state index in [1.807, 2.05) is 0 Å². The predicted octanol–water partition coefficient (Wildman–Crippen LogP) is 3.09. The predicted molar refractivity (Wildman–Crippen MR) is 93.8 cm³/mol. The summed E-state index contributed by atoms with van der Waals surface area (Å²) in [5.41, 5.74) is 0.330. The number of amides is 2. The van der Waals surface area contributed by atoms with Gasteiger partial charge in [0.05, 0.1) is 13.0 Å². The van der Waals surface area contributed by atoms with E-state index in [4.69, 9.17) is 9.47 Å². The molecule has 6 nitrogen and oxygen atoms in total. The number of rotatable bonds is 5. The number of methoxy groups -OCH3 is 1. The van der Waals surface area contributed by atoms with Gasteiger partial charge in [0.2, 0.25) is 11.8 Å². The molecule has 2 aromatic carbocycles. The second-order valence-electron chi connectivity index (χ2n) is 5.93. The number of para-hydroxylation sites is 2. The van der Waals surface area contributed by atoms with E-state index < -0.39 is 5.82 Å². The minimum Gasteiger partial charge on any atom is -0.493 e. The summed E-state index contributed by atoms with van der Waals surface area (Å²) in [5.74, 6) is -0.323. The maximum atomic E-state index is 14.3. The van der Waals surface area contributed by atoms with Crippen LogP contribution < -0.4 is 20.1 Å². The standard InChI is InChI=1S/C19H19FN2O4/c1-25-16-4-2-3-5-17(16)26-15-8-7-13(10-14(15)20)22-19(24)12-6-9-18(23)21-11-12/h2-5,7-8,10,12H,6,9,11H2,1H3,(H,21,23)(H,22,24). The van der Waals surface area contributed by atoms with Gasteiger partial charge in [-0.05, 0) is 30.7 Å². The van der Waals surface area contributed by atoms with Gasteiger partial charge in [-0.15, -0.1) is 0 Å². The molecule has 2 amide bonds. The molecular formula is C19H19FN2O4. The largest absolute Gasteiger partial charge is 0.493 e. The highest BCUT2D eigenvalue weighted by atomic mass is 19.1. The number of carbonyl (C=O) groups excluding carboxylic acids is 2. The van der Waals surface area contributed by atoms with Crippen molar-refractivity contribution in [1.82, 2.24) is 5.32 Å². The van der Waals surface area contributed by atoms with Crippen LogP contribution in [0.2, 0.25) is 0 Å². The quantitative estimate of drug-likeness (QED) is 0.861. The lowest BCUT2D eigenvalue weighted by molar-refractivity contribution is -0.126. The van der Waals surface area contributed by atoms with Gasteiger partial charge in [0.1, 0.15) is 0 Å². The minimum atomic E-state index is -0.606. The van der Waals surface area contributed by atoms with Crippen LogP contribution in [-0.4, -0.2) is 25.5 Å². The first kappa shape index (κ1) is 17.7. The third-order valence-electron chi connectivity index (χ3n) is 4.12. The summed E-state index contributed by atoms with van der Waals surface area (Å²) >= 11 is 0. The Labute approximate surface area is 150 Å². The van der Waals surface area contributed by atoms with Gasteiger partial charge in [-0.25, -0.2) is 4.39 Å². The van der Waals surface area contributed by atoms with Gasteiger partial charge in [-0.2, -0.15) is 0 Å². The molecule has 0 bridgehead atoms. The molecule has 1 fully saturated rings. The number of piperidine rings is 1. The second kappa shape index (κ2) is 7.86. The van der Waals surface area contributed by atoms with Gasteiger partial charge in [0.25, 0.3) is 0 Å². The van der Waals surface area contributed by atoms with E-state index in [2.05, 4.69) is 10.6 Å². The maximum Gasteiger partial charge on any atom is 0.229 e. The Hall–Kier alpha value is -3.09. The van der Waals surface area contributed by atoms with E-state index in [0.717, 1.165) is 0 Å². The molecule has 0 spiro atoms. The van der Waals surface area contributed by atoms with Gasteiger partial charge in [-0.3, -0.25) is 9.59 Å². The third-order valence-corrected chi connectivity index (χ3v) is 4.12. The number of hydrogen-bond donors (Lipinski definition) is 2. The first-order valence-electron chi connectivity index (χ1n) is 8.25. The molecule has 7 heteroatoms. The summed E-state index contributed by atoms with van der Waals surface area (Å²) in [6, 6.07) is 11.1. The Kier molecular flexibility index (Phi) is 5.36. The lowest BCUT2D eigenvalue weighted by atomic mass is 9.98. The third kappa shape index (κ3) is 4.11. The Morgan fingerprint density at radius 1 is 1.19 bits per heavy atom. The molecule has 26 heavy (non-hydrogen) atoms. The van der Waals surface area contributed by atoms with Crippen LogP contribution >= 0.6 is 0 Å². The molecule has 1 saturated heterocycles. The summed E-state index contributed by atoms with van der Waals surface area (Å²) in [6.45, 7) is 0.294. The molecule has 1 unspecified atom stereocenters. The van der Waals surface area contributed by atoms with Crippen LogP contribution in [0.3, 0.4) is 0 Å². The Bertz CT molecular complexity index is 815. The van der Waals surface area contributed by atoms with Crippen molar-refractivity contribution in [2.75, 3.05) is 19.0 Å². The Morgan fingerprint density at radius 3 is 2.62 bits per heavy atom. The molecule has 1 atom stereocenters. The number of nitrogens with one attached hydrogen (secondary N) is 2. The van der Waals surface area contributed by atoms with Crippen molar-refractivity contribution in [3.8, 4) is 17.2 Å². The molecule has 136 valence electrons. The number of anilines is 1. The van der Waals surface area contributed by atoms with Crippen molar-refractivity contribution in [2.24, 2.45) is 5.92 Å². The van der Waals surface area contributed by atoms with Crippen LogP contribution in [0.25, 0.3) is 0 Å². The highest BCUT2D eigenvalue weighted by Gasteiger charge is 2.24. The molecule has 0 radical (unpaired) electrons. The average Bonchev–Trinajstić information content (AvgIpc) is 2.65. The van der Waals surface area contributed by atoms with Crippen LogP contribution in [0.4, 0.5) is 10.1 Å². The molecule has 0 aliphatic carbocycles. The molecule has 0 saturated carbocycles. The number of carbonyl (C=O) groups is 2. The van der Waals surface area contributed by atoms with E-state index in [-0.39, 0.29) is 23.5 Å². The number of halogens is 1. The zero-order chi connectivity index (χ0) is 18.5. The lowest BCUT2D eigenvalue weighted by Crippen LogP contribution is -2.40. The van der Waals surface area contributed by atoms with Crippen molar-refractivity contribution in [2.45, 2.75) is 12.8 Å². The number of hydrogen-bond acceptors (Lipinski definition) is 4. The molecule has 1 aliphatic rings. The zero-order valence-corrected chi connectivity index (χ0v) is 14.3. The lowest BCUT2D eigenvalue weighted by Gasteiger charge is -2.21. The molecule has 2 aromatic rings. The summed E-state index contributed by atoms with van der Waals surface area (Å²) in [6.07, 6.45) is 0.799. The maximum absolute atomic E-state index is 14.3. The van der Waals surface area contributed by atoms with Gasteiger partial charge in [0, 0.05) is 24.7 Å². The molecular weight excluding hydrogens is 339 g/mol. The van der Waals surface area contributed by atoms with E-state index in [1.54, 1.807) is 30.3 Å². The highest BCUT2D eigenvalue weighted by Crippen LogP contribution is 2.33. The number of benzene rings is 2. The van der Waals surface area contributed by atoms with Crippen molar-refractivity contribution in [1.29, 1.82) is 0 Å². The van der Waals surface area contributed by atoms with Gasteiger partial charge < -0.3 is 20.1 Å². The van der Waals surface area contributed by atoms with Crippen LogP contribution in [-0.2, 0) is 9.59 Å². The summed E-state index contributed by atoms with van der Waals surface area (Å²) in [5, 5.41) is 5.32. The first-order valence-corrected chi connectivity index (χ1v) is 8.25. The fraction of sp³-hybridized carbons (Fsp3) is 0.263. The number of ether oxygens (including phenoxy) is 2. The topological polar surface area (TPSA) is 76.7 Å². The SMILES string of the molecule is COc1ccccc1Oc1ccc(NC(=O)C2CCC(=O)NC2)cc1F. The van der Waals surface area contributed by atoms with E-state index in [0.29, 0.717) is 36.6 Å². The van der Waals surface area contributed by atoms with Crippen molar-refractivity contribution >= 4 is 17.5 Å². The van der Waals surface area contributed by atoms with Gasteiger partial charge in [0.15, 0.2) is 23.1 Å². The fourth-order valence-corrected chi connectivity index (χ4v) is 2.68. The fourth-order valence-electron chi connectivity index (χ4n) is 2.68. The zero-order valence-electron chi connectivity index (χ0n) is 14.3. The Balaban J connectivity index is 1.67. The Morgan fingerprint density at radius 2 is 1.96 bits per heavy atom. The van der Waals surface area contributed by atoms with Crippen LogP contribution in [0.5, 0.6) is 17.2 Å². The van der Waals surface area contributed by atoms with Gasteiger partial charge in [-0.1, -0.05) is 12.1 Å². The molecule has 1 aliphatic heterocycles. The van der Waals surface area contributed by atoms with Crippen LogP contribution in [0.15, 0.2) is 42.5 Å². The van der Waals surface area contributed by atoms with E-state index in [9.17, 15) is 14.0 Å². The van der Waals surface area contributed by atoms with Crippen molar-refractivity contribution < 1.29 is 23.5 Å². The first-order chi connectivity index (χ1) is 12.6.